The third-order valence-electron chi connectivity index (χ3n) is 6.16. The van der Waals surface area contributed by atoms with Crippen molar-refractivity contribution in [2.45, 2.75) is 122 Å². The molecule has 0 bridgehead atoms. The predicted octanol–water partition coefficient (Wildman–Crippen LogP) is 7.44. The summed E-state index contributed by atoms with van der Waals surface area (Å²) in [6, 6.07) is 9.06. The summed E-state index contributed by atoms with van der Waals surface area (Å²) < 4.78 is 1.61. The van der Waals surface area contributed by atoms with Gasteiger partial charge in [0.1, 0.15) is 0 Å². The van der Waals surface area contributed by atoms with Crippen molar-refractivity contribution in [1.82, 2.24) is 0 Å². The Morgan fingerprint density at radius 3 is 1.68 bits per heavy atom. The van der Waals surface area contributed by atoms with Gasteiger partial charge in [-0.2, -0.15) is 0 Å². The Morgan fingerprint density at radius 2 is 1.14 bits per heavy atom. The molecule has 1 aromatic carbocycles. The van der Waals surface area contributed by atoms with Crippen molar-refractivity contribution in [3.63, 3.8) is 0 Å². The van der Waals surface area contributed by atoms with Crippen LogP contribution in [0, 0.1) is 0 Å². The van der Waals surface area contributed by atoms with E-state index in [0.29, 0.717) is 15.0 Å². The van der Waals surface area contributed by atoms with Crippen LogP contribution in [0.2, 0.25) is 0 Å². The molecule has 1 atom stereocenters. The molecule has 0 saturated heterocycles. The van der Waals surface area contributed by atoms with Crippen LogP contribution in [0.15, 0.2) is 24.3 Å². The Bertz CT molecular complexity index is 501. The molecule has 1 unspecified atom stereocenters. The second-order valence-electron chi connectivity index (χ2n) is 8.68. The molecule has 1 nitrogen and oxygen atoms in total. The first kappa shape index (κ1) is 23.8. The van der Waals surface area contributed by atoms with Crippen molar-refractivity contribution in [2.75, 3.05) is 11.4 Å². The minimum atomic E-state index is 0.644. The van der Waals surface area contributed by atoms with Crippen molar-refractivity contribution in [1.29, 1.82) is 0 Å². The Morgan fingerprint density at radius 1 is 0.679 bits per heavy atom. The summed E-state index contributed by atoms with van der Waals surface area (Å²) in [6.07, 6.45) is 23.2. The van der Waals surface area contributed by atoms with E-state index in [2.05, 4.69) is 43.0 Å². The van der Waals surface area contributed by atoms with Gasteiger partial charge in [-0.15, -0.1) is 0 Å². The van der Waals surface area contributed by atoms with E-state index in [-0.39, 0.29) is 0 Å². The van der Waals surface area contributed by atoms with E-state index < -0.39 is 0 Å². The zero-order valence-corrected chi connectivity index (χ0v) is 20.5. The van der Waals surface area contributed by atoms with Gasteiger partial charge in [0.05, 0.1) is 0 Å². The second-order valence-corrected chi connectivity index (χ2v) is 11.5. The maximum absolute atomic E-state index is 2.67. The van der Waals surface area contributed by atoms with Gasteiger partial charge in [-0.3, -0.25) is 0 Å². The van der Waals surface area contributed by atoms with Crippen LogP contribution in [-0.4, -0.2) is 26.4 Å². The molecule has 0 amide bonds. The summed E-state index contributed by atoms with van der Waals surface area (Å²) >= 11 is 0.644. The van der Waals surface area contributed by atoms with Crippen LogP contribution in [0.3, 0.4) is 0 Å². The van der Waals surface area contributed by atoms with Crippen molar-refractivity contribution >= 4 is 25.1 Å². The van der Waals surface area contributed by atoms with Crippen LogP contribution < -0.4 is 9.36 Å². The molecule has 1 aliphatic rings. The summed E-state index contributed by atoms with van der Waals surface area (Å²) in [7, 11) is 0. The minimum absolute atomic E-state index is 0.644. The Labute approximate surface area is 182 Å². The molecular formula is C26H45NSe. The second kappa shape index (κ2) is 15.4. The molecule has 0 fully saturated rings. The van der Waals surface area contributed by atoms with Gasteiger partial charge in [0.2, 0.25) is 0 Å². The molecule has 0 N–H and O–H groups in total. The summed E-state index contributed by atoms with van der Waals surface area (Å²) in [6.45, 7) is 5.97. The van der Waals surface area contributed by atoms with Crippen LogP contribution in [0.25, 0.3) is 0 Å². The first-order chi connectivity index (χ1) is 13.8. The topological polar surface area (TPSA) is 3.24 Å². The molecule has 1 heterocycles. The number of anilines is 1. The fourth-order valence-electron chi connectivity index (χ4n) is 4.37. The predicted molar refractivity (Wildman–Crippen MR) is 128 cm³/mol. The van der Waals surface area contributed by atoms with Gasteiger partial charge in [0.15, 0.2) is 0 Å². The van der Waals surface area contributed by atoms with Crippen molar-refractivity contribution in [2.24, 2.45) is 0 Å². The molecule has 0 spiro atoms. The van der Waals surface area contributed by atoms with E-state index in [1.54, 1.807) is 4.46 Å². The number of hydrogen-bond donors (Lipinski definition) is 0. The number of para-hydroxylation sites is 1. The van der Waals surface area contributed by atoms with Crippen molar-refractivity contribution in [3.05, 3.63) is 24.3 Å². The molecule has 2 rings (SSSR count). The first-order valence-corrected chi connectivity index (χ1v) is 14.2. The number of benzene rings is 1. The van der Waals surface area contributed by atoms with Gasteiger partial charge < -0.3 is 0 Å². The average molecular weight is 451 g/mol. The summed E-state index contributed by atoms with van der Waals surface area (Å²) in [5, 5.41) is 0. The molecule has 2 heteroatoms. The SMILES string of the molecule is CCCCCCCCCCCCCCCCCCN1c2ccccc2[Se]C1C. The van der Waals surface area contributed by atoms with E-state index in [0.717, 1.165) is 4.94 Å². The quantitative estimate of drug-likeness (QED) is 0.176. The number of hydrogen-bond acceptors (Lipinski definition) is 1. The first-order valence-electron chi connectivity index (χ1n) is 12.3. The molecule has 1 aliphatic heterocycles. The standard InChI is InChI=1S/C26H45NSe/c1-3-4-5-6-7-8-9-10-11-12-13-14-15-16-17-20-23-27-24(2)28-26-22-19-18-21-25(26)27/h18-19,21-22,24H,3-17,20,23H2,1-2H3. The van der Waals surface area contributed by atoms with Gasteiger partial charge in [-0.05, 0) is 0 Å². The molecule has 28 heavy (non-hydrogen) atoms. The third-order valence-corrected chi connectivity index (χ3v) is 8.67. The molecule has 0 aromatic heterocycles. The Kier molecular flexibility index (Phi) is 13.1. The van der Waals surface area contributed by atoms with Crippen molar-refractivity contribution in [3.8, 4) is 0 Å². The molecular weight excluding hydrogens is 405 g/mol. The van der Waals surface area contributed by atoms with Gasteiger partial charge in [-0.25, -0.2) is 0 Å². The molecule has 0 saturated carbocycles. The average Bonchev–Trinajstić information content (AvgIpc) is 3.03. The van der Waals surface area contributed by atoms with E-state index in [4.69, 9.17) is 0 Å². The summed E-state index contributed by atoms with van der Waals surface area (Å²) in [4.78, 5) is 3.42. The molecule has 0 aliphatic carbocycles. The Balaban J connectivity index is 1.34. The fraction of sp³-hybridized carbons (Fsp3) is 0.769. The number of rotatable bonds is 17. The van der Waals surface area contributed by atoms with Crippen molar-refractivity contribution < 1.29 is 0 Å². The van der Waals surface area contributed by atoms with Crippen LogP contribution >= 0.6 is 0 Å². The van der Waals surface area contributed by atoms with Gasteiger partial charge in [0, 0.05) is 0 Å². The molecule has 160 valence electrons. The van der Waals surface area contributed by atoms with Gasteiger partial charge in [-0.1, -0.05) is 51.9 Å². The van der Waals surface area contributed by atoms with E-state index in [1.165, 1.54) is 115 Å². The van der Waals surface area contributed by atoms with Crippen LogP contribution in [0.1, 0.15) is 117 Å². The van der Waals surface area contributed by atoms with Crippen LogP contribution in [-0.2, 0) is 0 Å². The van der Waals surface area contributed by atoms with Gasteiger partial charge in [0.25, 0.3) is 0 Å². The van der Waals surface area contributed by atoms with E-state index in [1.807, 2.05) is 0 Å². The number of unbranched alkanes of at least 4 members (excludes halogenated alkanes) is 15. The third kappa shape index (κ3) is 9.36. The molecule has 1 aromatic rings. The zero-order valence-electron chi connectivity index (χ0n) is 18.8. The van der Waals surface area contributed by atoms with Gasteiger partial charge >= 0.3 is 130 Å². The monoisotopic (exact) mass is 451 g/mol. The van der Waals surface area contributed by atoms with Crippen LogP contribution in [0.4, 0.5) is 5.69 Å². The summed E-state index contributed by atoms with van der Waals surface area (Å²) in [5.41, 5.74) is 1.52. The fourth-order valence-corrected chi connectivity index (χ4v) is 6.84. The Hall–Kier alpha value is -0.461. The number of fused-ring (bicyclic) bond motifs is 1. The van der Waals surface area contributed by atoms with Crippen LogP contribution in [0.5, 0.6) is 0 Å². The van der Waals surface area contributed by atoms with E-state index >= 15 is 0 Å². The summed E-state index contributed by atoms with van der Waals surface area (Å²) in [5.74, 6) is 0. The number of nitrogens with zero attached hydrogens (tertiary/aromatic N) is 1. The maximum atomic E-state index is 2.67. The molecule has 0 radical (unpaired) electrons. The zero-order chi connectivity index (χ0) is 19.9. The normalized spacial score (nSPS) is 15.9. The van der Waals surface area contributed by atoms with E-state index in [9.17, 15) is 0 Å².